The Kier molecular flexibility index (Phi) is 8.29. The van der Waals surface area contributed by atoms with Gasteiger partial charge in [0.25, 0.3) is 0 Å². The van der Waals surface area contributed by atoms with Gasteiger partial charge in [0.2, 0.25) is 6.79 Å². The maximum atomic E-state index is 9.94. The molecule has 8 heteroatoms. The first-order valence-electron chi connectivity index (χ1n) is 6.87. The van der Waals surface area contributed by atoms with Crippen molar-refractivity contribution in [3.63, 3.8) is 0 Å². The van der Waals surface area contributed by atoms with Gasteiger partial charge in [0, 0.05) is 25.7 Å². The highest BCUT2D eigenvalue weighted by Gasteiger charge is 2.15. The lowest BCUT2D eigenvalue weighted by molar-refractivity contribution is 0.0551. The van der Waals surface area contributed by atoms with E-state index < -0.39 is 6.10 Å². The Bertz CT molecular complexity index is 441. The van der Waals surface area contributed by atoms with Gasteiger partial charge in [0.05, 0.1) is 13.2 Å². The Balaban J connectivity index is 0.00000242. The molecule has 0 aromatic heterocycles. The van der Waals surface area contributed by atoms with Gasteiger partial charge >= 0.3 is 0 Å². The summed E-state index contributed by atoms with van der Waals surface area (Å²) in [7, 11) is 0. The lowest BCUT2D eigenvalue weighted by Gasteiger charge is -2.23. The number of hydrogen-bond donors (Lipinski definition) is 3. The molecule has 1 heterocycles. The van der Waals surface area contributed by atoms with E-state index in [2.05, 4.69) is 0 Å². The molecule has 0 spiro atoms. The molecule has 7 nitrogen and oxygen atoms in total. The summed E-state index contributed by atoms with van der Waals surface area (Å²) >= 11 is 0. The van der Waals surface area contributed by atoms with Crippen molar-refractivity contribution >= 4 is 12.4 Å². The maximum Gasteiger partial charge on any atom is 0.231 e. The molecule has 3 N–H and O–H groups in total. The molecule has 1 aromatic carbocycles. The molecule has 2 rings (SSSR count). The monoisotopic (exact) mass is 335 g/mol. The fourth-order valence-electron chi connectivity index (χ4n) is 2.09. The smallest absolute Gasteiger partial charge is 0.231 e. The van der Waals surface area contributed by atoms with Crippen LogP contribution in [0.3, 0.4) is 0 Å². The van der Waals surface area contributed by atoms with Crippen LogP contribution in [0.5, 0.6) is 17.2 Å². The van der Waals surface area contributed by atoms with Gasteiger partial charge < -0.3 is 29.5 Å². The second kappa shape index (κ2) is 9.70. The number of halogens is 1. The normalized spacial score (nSPS) is 13.8. The van der Waals surface area contributed by atoms with Crippen molar-refractivity contribution in [2.45, 2.75) is 6.10 Å². The number of aliphatic hydroxyl groups is 3. The average molecular weight is 336 g/mol. The fraction of sp³-hybridized carbons (Fsp3) is 0.571. The van der Waals surface area contributed by atoms with E-state index in [1.165, 1.54) is 0 Å². The first-order chi connectivity index (χ1) is 10.2. The number of hydrogen-bond acceptors (Lipinski definition) is 7. The number of ether oxygens (including phenoxy) is 3. The van der Waals surface area contributed by atoms with Gasteiger partial charge in [-0.05, 0) is 12.1 Å². The zero-order valence-corrected chi connectivity index (χ0v) is 13.0. The maximum absolute atomic E-state index is 9.94. The molecule has 1 aliphatic rings. The minimum Gasteiger partial charge on any atom is -0.491 e. The molecule has 0 bridgehead atoms. The van der Waals surface area contributed by atoms with Crippen LogP contribution < -0.4 is 14.2 Å². The van der Waals surface area contributed by atoms with Gasteiger partial charge in [-0.2, -0.15) is 0 Å². The van der Waals surface area contributed by atoms with E-state index in [0.717, 1.165) is 0 Å². The Morgan fingerprint density at radius 3 is 2.50 bits per heavy atom. The minimum atomic E-state index is -0.714. The van der Waals surface area contributed by atoms with Gasteiger partial charge in [-0.15, -0.1) is 12.4 Å². The van der Waals surface area contributed by atoms with E-state index in [1.54, 1.807) is 23.1 Å². The summed E-state index contributed by atoms with van der Waals surface area (Å²) in [6, 6.07) is 5.22. The Morgan fingerprint density at radius 1 is 1.14 bits per heavy atom. The second-order valence-corrected chi connectivity index (χ2v) is 4.73. The van der Waals surface area contributed by atoms with Gasteiger partial charge in [0.15, 0.2) is 11.5 Å². The topological polar surface area (TPSA) is 91.6 Å². The first kappa shape index (κ1) is 18.8. The van der Waals surface area contributed by atoms with Crippen LogP contribution in [0.1, 0.15) is 0 Å². The van der Waals surface area contributed by atoms with E-state index in [9.17, 15) is 5.11 Å². The Hall–Kier alpha value is -1.25. The lowest BCUT2D eigenvalue weighted by Crippen LogP contribution is -2.38. The number of fused-ring (bicyclic) bond motifs is 1. The van der Waals surface area contributed by atoms with Crippen LogP contribution in [0.2, 0.25) is 0 Å². The van der Waals surface area contributed by atoms with Crippen molar-refractivity contribution in [1.82, 2.24) is 4.90 Å². The minimum absolute atomic E-state index is 0. The highest BCUT2D eigenvalue weighted by Crippen LogP contribution is 2.35. The number of aliphatic hydroxyl groups excluding tert-OH is 3. The molecule has 0 fully saturated rings. The number of benzene rings is 1. The highest BCUT2D eigenvalue weighted by atomic mass is 35.5. The fourth-order valence-corrected chi connectivity index (χ4v) is 2.09. The molecule has 0 amide bonds. The summed E-state index contributed by atoms with van der Waals surface area (Å²) in [5.74, 6) is 1.90. The number of rotatable bonds is 9. The van der Waals surface area contributed by atoms with Crippen LogP contribution in [0.4, 0.5) is 0 Å². The first-order valence-corrected chi connectivity index (χ1v) is 6.87. The van der Waals surface area contributed by atoms with Crippen molar-refractivity contribution in [3.05, 3.63) is 18.2 Å². The average Bonchev–Trinajstić information content (AvgIpc) is 2.93. The van der Waals surface area contributed by atoms with E-state index >= 15 is 0 Å². The predicted molar refractivity (Wildman–Crippen MR) is 81.9 cm³/mol. The van der Waals surface area contributed by atoms with Crippen molar-refractivity contribution in [3.8, 4) is 17.2 Å². The van der Waals surface area contributed by atoms with E-state index in [4.69, 9.17) is 24.4 Å². The predicted octanol–water partition coefficient (Wildman–Crippen LogP) is -0.137. The quantitative estimate of drug-likeness (QED) is 0.578. The molecule has 1 aromatic rings. The molecule has 1 unspecified atom stereocenters. The molecule has 0 saturated heterocycles. The van der Waals surface area contributed by atoms with Crippen LogP contribution in [0.15, 0.2) is 18.2 Å². The van der Waals surface area contributed by atoms with Crippen LogP contribution in [0, 0.1) is 0 Å². The van der Waals surface area contributed by atoms with Gasteiger partial charge in [-0.25, -0.2) is 0 Å². The summed E-state index contributed by atoms with van der Waals surface area (Å²) in [6.45, 7) is 1.42. The van der Waals surface area contributed by atoms with E-state index in [0.29, 0.717) is 36.9 Å². The highest BCUT2D eigenvalue weighted by molar-refractivity contribution is 5.85. The number of nitrogens with zero attached hydrogens (tertiary/aromatic N) is 1. The molecule has 126 valence electrons. The summed E-state index contributed by atoms with van der Waals surface area (Å²) in [4.78, 5) is 1.77. The Morgan fingerprint density at radius 2 is 1.82 bits per heavy atom. The third-order valence-corrected chi connectivity index (χ3v) is 3.09. The third-order valence-electron chi connectivity index (χ3n) is 3.09. The van der Waals surface area contributed by atoms with Crippen molar-refractivity contribution < 1.29 is 29.5 Å². The molecular formula is C14H22ClNO6. The zero-order chi connectivity index (χ0) is 15.1. The van der Waals surface area contributed by atoms with Crippen LogP contribution in [0.25, 0.3) is 0 Å². The molecule has 0 radical (unpaired) electrons. The summed E-state index contributed by atoms with van der Waals surface area (Å²) in [6.07, 6.45) is -0.714. The van der Waals surface area contributed by atoms with Gasteiger partial charge in [0.1, 0.15) is 18.5 Å². The molecular weight excluding hydrogens is 314 g/mol. The zero-order valence-electron chi connectivity index (χ0n) is 12.2. The van der Waals surface area contributed by atoms with Gasteiger partial charge in [-0.3, -0.25) is 4.90 Å². The van der Waals surface area contributed by atoms with Crippen LogP contribution in [-0.2, 0) is 0 Å². The standard InChI is InChI=1S/C14H21NO6.ClH/c16-5-3-15(4-6-17)8-11(18)9-19-12-1-2-13-14(7-12)21-10-20-13;/h1-2,7,11,16-18H,3-6,8-10H2;1H. The molecule has 1 atom stereocenters. The molecule has 1 aliphatic heterocycles. The van der Waals surface area contributed by atoms with Crippen molar-refractivity contribution in [2.75, 3.05) is 46.2 Å². The summed E-state index contributed by atoms with van der Waals surface area (Å²) < 4.78 is 16.0. The second-order valence-electron chi connectivity index (χ2n) is 4.73. The van der Waals surface area contributed by atoms with Crippen molar-refractivity contribution in [2.24, 2.45) is 0 Å². The third kappa shape index (κ3) is 5.51. The van der Waals surface area contributed by atoms with Crippen LogP contribution in [-0.4, -0.2) is 72.6 Å². The Labute approximate surface area is 135 Å². The lowest BCUT2D eigenvalue weighted by atomic mass is 10.3. The SMILES string of the molecule is Cl.OCCN(CCO)CC(O)COc1ccc2c(c1)OCO2. The molecule has 22 heavy (non-hydrogen) atoms. The van der Waals surface area contributed by atoms with Gasteiger partial charge in [-0.1, -0.05) is 0 Å². The van der Waals surface area contributed by atoms with Crippen LogP contribution >= 0.6 is 12.4 Å². The summed E-state index contributed by atoms with van der Waals surface area (Å²) in [5.41, 5.74) is 0. The largest absolute Gasteiger partial charge is 0.491 e. The van der Waals surface area contributed by atoms with Crippen molar-refractivity contribution in [1.29, 1.82) is 0 Å². The van der Waals surface area contributed by atoms with E-state index in [1.807, 2.05) is 0 Å². The van der Waals surface area contributed by atoms with E-state index in [-0.39, 0.29) is 39.0 Å². The molecule has 0 aliphatic carbocycles. The molecule has 0 saturated carbocycles. The summed E-state index contributed by atoms with van der Waals surface area (Å²) in [5, 5.41) is 27.8.